The molecule has 5 heteroatoms. The predicted molar refractivity (Wildman–Crippen MR) is 189 cm³/mol. The number of rotatable bonds is 3. The summed E-state index contributed by atoms with van der Waals surface area (Å²) in [5.41, 5.74) is 9.19. The van der Waals surface area contributed by atoms with E-state index in [1.165, 1.54) is 0 Å². The zero-order valence-electron chi connectivity index (χ0n) is 24.8. The first-order valence-electron chi connectivity index (χ1n) is 15.5. The largest absolute Gasteiger partial charge is 0.354 e. The molecule has 3 aromatic carbocycles. The van der Waals surface area contributed by atoms with Gasteiger partial charge in [0.2, 0.25) is 0 Å². The third-order valence-electron chi connectivity index (χ3n) is 9.13. The van der Waals surface area contributed by atoms with Crippen LogP contribution in [0.25, 0.3) is 11.1 Å². The van der Waals surface area contributed by atoms with E-state index in [-0.39, 0.29) is 5.66 Å². The topological polar surface area (TPSA) is 57.6 Å². The van der Waals surface area contributed by atoms with Crippen molar-refractivity contribution < 1.29 is 4.57 Å². The Morgan fingerprint density at radius 1 is 0.609 bits per heavy atom. The second kappa shape index (κ2) is 10.5. The number of hydrogen-bond acceptors (Lipinski definition) is 3. The molecule has 0 amide bonds. The van der Waals surface area contributed by atoms with Crippen LogP contribution in [0.4, 0.5) is 0 Å². The van der Waals surface area contributed by atoms with E-state index in [1.807, 2.05) is 60.7 Å². The molecule has 0 saturated heterocycles. The average molecular weight is 610 g/mol. The van der Waals surface area contributed by atoms with Crippen molar-refractivity contribution in [2.45, 2.75) is 5.66 Å². The summed E-state index contributed by atoms with van der Waals surface area (Å²) in [6.07, 6.45) is 18.6. The van der Waals surface area contributed by atoms with Gasteiger partial charge in [-0.3, -0.25) is 0 Å². The third kappa shape index (κ3) is 4.18. The predicted octanol–water partition coefficient (Wildman–Crippen LogP) is 7.04. The lowest BCUT2D eigenvalue weighted by molar-refractivity contribution is 0.584. The molecule has 1 N–H and O–H groups in total. The molecule has 218 valence electrons. The number of fused-ring (bicyclic) bond motifs is 8. The van der Waals surface area contributed by atoms with E-state index < -0.39 is 7.14 Å². The van der Waals surface area contributed by atoms with E-state index in [4.69, 9.17) is 9.98 Å². The number of benzene rings is 3. The fourth-order valence-electron chi connectivity index (χ4n) is 7.06. The zero-order valence-corrected chi connectivity index (χ0v) is 25.7. The number of nitrogens with one attached hydrogen (secondary N) is 1. The Morgan fingerprint density at radius 2 is 1.17 bits per heavy atom. The number of aliphatic imine (C=N–C) groups is 2. The Morgan fingerprint density at radius 3 is 1.80 bits per heavy atom. The summed E-state index contributed by atoms with van der Waals surface area (Å²) in [5.74, 6) is 0. The Balaban J connectivity index is 1.39. The maximum Gasteiger partial charge on any atom is 0.154 e. The second-order valence-corrected chi connectivity index (χ2v) is 14.7. The molecule has 5 aliphatic rings. The van der Waals surface area contributed by atoms with Gasteiger partial charge in [0, 0.05) is 32.5 Å². The Hall–Kier alpha value is -5.57. The lowest BCUT2D eigenvalue weighted by Gasteiger charge is -2.22. The second-order valence-electron chi connectivity index (χ2n) is 11.8. The summed E-state index contributed by atoms with van der Waals surface area (Å²) in [5, 5.41) is 3.61. The first kappa shape index (κ1) is 26.8. The molecule has 46 heavy (non-hydrogen) atoms. The quantitative estimate of drug-likeness (QED) is 0.249. The Labute approximate surface area is 267 Å². The van der Waals surface area contributed by atoms with Crippen molar-refractivity contribution in [3.05, 3.63) is 207 Å². The number of nitrogens with zero attached hydrogens (tertiary/aromatic N) is 2. The van der Waals surface area contributed by atoms with Gasteiger partial charge in [0.15, 0.2) is 7.14 Å². The molecule has 4 aliphatic heterocycles. The minimum absolute atomic E-state index is 0.347. The summed E-state index contributed by atoms with van der Waals surface area (Å²) in [4.78, 5) is 14.1. The van der Waals surface area contributed by atoms with Crippen molar-refractivity contribution in [2.24, 2.45) is 9.98 Å². The molecule has 4 aromatic rings. The monoisotopic (exact) mass is 609 g/mol. The molecule has 2 unspecified atom stereocenters. The molecule has 0 radical (unpaired) electrons. The van der Waals surface area contributed by atoms with Crippen molar-refractivity contribution in [3.63, 3.8) is 0 Å². The first-order chi connectivity index (χ1) is 22.7. The molecule has 4 nitrogen and oxygen atoms in total. The van der Waals surface area contributed by atoms with Gasteiger partial charge in [-0.25, -0.2) is 9.98 Å². The van der Waals surface area contributed by atoms with Crippen molar-refractivity contribution in [3.8, 4) is 0 Å². The molecule has 2 atom stereocenters. The van der Waals surface area contributed by atoms with Crippen LogP contribution in [0, 0.1) is 0 Å². The van der Waals surface area contributed by atoms with Gasteiger partial charge >= 0.3 is 0 Å². The van der Waals surface area contributed by atoms with Crippen LogP contribution in [0.5, 0.6) is 0 Å². The van der Waals surface area contributed by atoms with Crippen molar-refractivity contribution >= 4 is 35.0 Å². The van der Waals surface area contributed by atoms with Crippen molar-refractivity contribution in [1.82, 2.24) is 4.98 Å². The van der Waals surface area contributed by atoms with E-state index in [0.717, 1.165) is 77.6 Å². The summed E-state index contributed by atoms with van der Waals surface area (Å²) in [7, 11) is -3.18. The number of allylic oxidation sites excluding steroid dienone is 12. The van der Waals surface area contributed by atoms with Crippen LogP contribution >= 0.6 is 7.14 Å². The number of H-pyrrole nitrogens is 1. The van der Waals surface area contributed by atoms with Gasteiger partial charge in [-0.1, -0.05) is 109 Å². The molecular weight excluding hydrogens is 581 g/mol. The molecular formula is C41H28N3OP. The lowest BCUT2D eigenvalue weighted by Crippen LogP contribution is -2.21. The van der Waals surface area contributed by atoms with E-state index in [1.54, 1.807) is 0 Å². The normalized spacial score (nSPS) is 26.0. The van der Waals surface area contributed by atoms with Gasteiger partial charge < -0.3 is 9.55 Å². The SMILES string of the molecule is O=P1(c2ccccc2)C2=C3C=CC=C3C1C=C1C=CC(=N1)/C(c1ccccc1)=c1/cc/c([nH]1)=C(\c1ccccc1)C1=N/C(=C\2)C=C1. The molecule has 1 aromatic heterocycles. The van der Waals surface area contributed by atoms with E-state index in [0.29, 0.717) is 0 Å². The highest BCUT2D eigenvalue weighted by molar-refractivity contribution is 7.77. The fourth-order valence-corrected chi connectivity index (χ4v) is 10.4. The molecule has 8 bridgehead atoms. The molecule has 0 fully saturated rings. The molecule has 1 aliphatic carbocycles. The summed E-state index contributed by atoms with van der Waals surface area (Å²) in [6.45, 7) is 0. The lowest BCUT2D eigenvalue weighted by atomic mass is 10.0. The highest BCUT2D eigenvalue weighted by atomic mass is 31.2. The minimum Gasteiger partial charge on any atom is -0.354 e. The van der Waals surface area contributed by atoms with E-state index >= 15 is 4.57 Å². The van der Waals surface area contributed by atoms with E-state index in [2.05, 4.69) is 102 Å². The van der Waals surface area contributed by atoms with Crippen molar-refractivity contribution in [2.75, 3.05) is 0 Å². The maximum absolute atomic E-state index is 15.7. The summed E-state index contributed by atoms with van der Waals surface area (Å²) in [6, 6.07) is 34.9. The number of aromatic nitrogens is 1. The van der Waals surface area contributed by atoms with Crippen molar-refractivity contribution in [1.29, 1.82) is 0 Å². The van der Waals surface area contributed by atoms with Crippen LogP contribution < -0.4 is 16.0 Å². The number of hydrogen-bond donors (Lipinski definition) is 1. The Bertz CT molecular complexity index is 2410. The van der Waals surface area contributed by atoms with Crippen LogP contribution in [0.15, 0.2) is 196 Å². The molecule has 9 rings (SSSR count). The van der Waals surface area contributed by atoms with Gasteiger partial charge in [-0.15, -0.1) is 0 Å². The van der Waals surface area contributed by atoms with Gasteiger partial charge in [0.25, 0.3) is 0 Å². The molecule has 0 saturated carbocycles. The average Bonchev–Trinajstić information content (AvgIpc) is 3.94. The highest BCUT2D eigenvalue weighted by Crippen LogP contribution is 2.68. The van der Waals surface area contributed by atoms with Crippen LogP contribution in [0.3, 0.4) is 0 Å². The fraction of sp³-hybridized carbons (Fsp3) is 0.0244. The van der Waals surface area contributed by atoms with Crippen LogP contribution in [0.2, 0.25) is 0 Å². The number of aromatic amines is 1. The van der Waals surface area contributed by atoms with Gasteiger partial charge in [-0.05, 0) is 70.9 Å². The van der Waals surface area contributed by atoms with Crippen LogP contribution in [0.1, 0.15) is 11.1 Å². The smallest absolute Gasteiger partial charge is 0.154 e. The van der Waals surface area contributed by atoms with Crippen LogP contribution in [-0.2, 0) is 4.57 Å². The molecule has 0 spiro atoms. The highest BCUT2D eigenvalue weighted by Gasteiger charge is 2.47. The molecule has 5 heterocycles. The van der Waals surface area contributed by atoms with Crippen LogP contribution in [-0.4, -0.2) is 22.1 Å². The van der Waals surface area contributed by atoms with E-state index in [9.17, 15) is 0 Å². The van der Waals surface area contributed by atoms with Gasteiger partial charge in [-0.2, -0.15) is 0 Å². The maximum atomic E-state index is 15.7. The summed E-state index contributed by atoms with van der Waals surface area (Å²) < 4.78 is 15.7. The third-order valence-corrected chi connectivity index (χ3v) is 12.5. The van der Waals surface area contributed by atoms with Gasteiger partial charge in [0.1, 0.15) is 0 Å². The minimum atomic E-state index is -3.18. The first-order valence-corrected chi connectivity index (χ1v) is 17.3. The zero-order chi connectivity index (χ0) is 30.7. The standard InChI is InChI=1S/C41H28N3OP/c45-46(31-15-8-3-9-16-31)38-25-29-19-21-34(42-29)40(27-11-4-1-5-12-27)36-23-24-37(44-36)41(28-13-6-2-7-14-28)35-22-20-30(43-35)26-39(46)33-18-10-17-32(33)38/h1-26,38,44H/b29-25?,30-26-,40-36-,41-37-. The van der Waals surface area contributed by atoms with Gasteiger partial charge in [0.05, 0.1) is 28.5 Å². The Kier molecular flexibility index (Phi) is 6.12. The summed E-state index contributed by atoms with van der Waals surface area (Å²) >= 11 is 0.